The number of halogens is 1. The van der Waals surface area contributed by atoms with E-state index in [-0.39, 0.29) is 41.1 Å². The second-order valence-electron chi connectivity index (χ2n) is 5.51. The van der Waals surface area contributed by atoms with Gasteiger partial charge in [-0.1, -0.05) is 0 Å². The SMILES string of the molecule is CCOC(=O)c1sc(NC(=O)Cn2cc(Br)c(C)n2)c(C(=O)OCC)c1C. The number of anilines is 1. The number of carbonyl (C=O) groups is 3. The van der Waals surface area contributed by atoms with Gasteiger partial charge in [-0.05, 0) is 49.2 Å². The molecule has 0 saturated carbocycles. The molecule has 0 aliphatic rings. The molecule has 1 amide bonds. The number of nitrogens with zero attached hydrogens (tertiary/aromatic N) is 2. The van der Waals surface area contributed by atoms with Gasteiger partial charge in [0.2, 0.25) is 5.91 Å². The predicted molar refractivity (Wildman–Crippen MR) is 104 cm³/mol. The van der Waals surface area contributed by atoms with E-state index in [4.69, 9.17) is 9.47 Å². The molecule has 8 nitrogen and oxygen atoms in total. The summed E-state index contributed by atoms with van der Waals surface area (Å²) in [6.45, 7) is 7.16. The Hall–Kier alpha value is -2.20. The van der Waals surface area contributed by atoms with Crippen molar-refractivity contribution in [1.29, 1.82) is 0 Å². The van der Waals surface area contributed by atoms with Crippen molar-refractivity contribution in [2.45, 2.75) is 34.2 Å². The van der Waals surface area contributed by atoms with Crippen LogP contribution in [0.2, 0.25) is 0 Å². The number of rotatable bonds is 7. The van der Waals surface area contributed by atoms with Crippen molar-refractivity contribution < 1.29 is 23.9 Å². The fourth-order valence-corrected chi connectivity index (χ4v) is 3.75. The lowest BCUT2D eigenvalue weighted by Gasteiger charge is -2.07. The van der Waals surface area contributed by atoms with Crippen molar-refractivity contribution in [3.05, 3.63) is 32.4 Å². The van der Waals surface area contributed by atoms with Gasteiger partial charge in [0, 0.05) is 6.20 Å². The summed E-state index contributed by atoms with van der Waals surface area (Å²) in [5.74, 6) is -1.53. The van der Waals surface area contributed by atoms with Crippen LogP contribution in [0.3, 0.4) is 0 Å². The van der Waals surface area contributed by atoms with Crippen molar-refractivity contribution in [2.75, 3.05) is 18.5 Å². The van der Waals surface area contributed by atoms with Crippen LogP contribution in [-0.4, -0.2) is 40.8 Å². The van der Waals surface area contributed by atoms with E-state index in [1.165, 1.54) is 4.68 Å². The van der Waals surface area contributed by atoms with Gasteiger partial charge in [-0.15, -0.1) is 11.3 Å². The first-order valence-electron chi connectivity index (χ1n) is 8.25. The van der Waals surface area contributed by atoms with Gasteiger partial charge in [-0.25, -0.2) is 9.59 Å². The fraction of sp³-hybridized carbons (Fsp3) is 0.412. The molecule has 0 saturated heterocycles. The normalized spacial score (nSPS) is 10.6. The Bertz CT molecular complexity index is 855. The highest BCUT2D eigenvalue weighted by Crippen LogP contribution is 2.34. The maximum atomic E-state index is 12.4. The molecule has 2 aromatic rings. The number of aromatic nitrogens is 2. The number of amides is 1. The van der Waals surface area contributed by atoms with Crippen LogP contribution in [0.1, 0.15) is 45.1 Å². The lowest BCUT2D eigenvalue weighted by atomic mass is 10.1. The molecule has 0 aliphatic carbocycles. The highest BCUT2D eigenvalue weighted by Gasteiger charge is 2.27. The van der Waals surface area contributed by atoms with Gasteiger partial charge in [0.25, 0.3) is 0 Å². The third kappa shape index (κ3) is 4.95. The summed E-state index contributed by atoms with van der Waals surface area (Å²) < 4.78 is 12.4. The third-order valence-corrected chi connectivity index (χ3v) is 5.50. The molecule has 146 valence electrons. The molecule has 2 rings (SSSR count). The molecule has 0 aliphatic heterocycles. The number of aryl methyl sites for hydroxylation is 1. The Kier molecular flexibility index (Phi) is 7.14. The van der Waals surface area contributed by atoms with Gasteiger partial charge >= 0.3 is 11.9 Å². The van der Waals surface area contributed by atoms with Crippen LogP contribution in [0, 0.1) is 13.8 Å². The van der Waals surface area contributed by atoms with E-state index in [0.29, 0.717) is 5.56 Å². The zero-order chi connectivity index (χ0) is 20.1. The average molecular weight is 458 g/mol. The predicted octanol–water partition coefficient (Wildman–Crippen LogP) is 3.32. The largest absolute Gasteiger partial charge is 0.462 e. The smallest absolute Gasteiger partial charge is 0.348 e. The van der Waals surface area contributed by atoms with Crippen LogP contribution in [0.5, 0.6) is 0 Å². The van der Waals surface area contributed by atoms with Crippen molar-refractivity contribution in [3.8, 4) is 0 Å². The van der Waals surface area contributed by atoms with Gasteiger partial charge in [-0.3, -0.25) is 9.48 Å². The Labute approximate surface area is 169 Å². The highest BCUT2D eigenvalue weighted by atomic mass is 79.9. The molecule has 0 fully saturated rings. The van der Waals surface area contributed by atoms with Crippen LogP contribution < -0.4 is 5.32 Å². The molecule has 0 radical (unpaired) electrons. The number of hydrogen-bond donors (Lipinski definition) is 1. The lowest BCUT2D eigenvalue weighted by Crippen LogP contribution is -2.20. The summed E-state index contributed by atoms with van der Waals surface area (Å²) in [5, 5.41) is 7.13. The molecule has 0 aromatic carbocycles. The molecule has 2 aromatic heterocycles. The summed E-state index contributed by atoms with van der Waals surface area (Å²) >= 11 is 4.33. The molecule has 27 heavy (non-hydrogen) atoms. The first kappa shape index (κ1) is 21.1. The molecule has 2 heterocycles. The van der Waals surface area contributed by atoms with Crippen LogP contribution in [0.4, 0.5) is 5.00 Å². The van der Waals surface area contributed by atoms with Gasteiger partial charge in [0.1, 0.15) is 16.4 Å². The van der Waals surface area contributed by atoms with Gasteiger partial charge < -0.3 is 14.8 Å². The molecule has 1 N–H and O–H groups in total. The van der Waals surface area contributed by atoms with Crippen LogP contribution in [0.15, 0.2) is 10.7 Å². The fourth-order valence-electron chi connectivity index (χ4n) is 2.33. The minimum absolute atomic E-state index is 0.0413. The van der Waals surface area contributed by atoms with Gasteiger partial charge in [-0.2, -0.15) is 5.10 Å². The summed E-state index contributed by atoms with van der Waals surface area (Å²) in [7, 11) is 0. The van der Waals surface area contributed by atoms with E-state index in [2.05, 4.69) is 26.3 Å². The number of nitrogens with one attached hydrogen (secondary N) is 1. The van der Waals surface area contributed by atoms with E-state index >= 15 is 0 Å². The maximum absolute atomic E-state index is 12.4. The number of esters is 2. The molecular formula is C17H20BrN3O5S. The van der Waals surface area contributed by atoms with Crippen LogP contribution in [0.25, 0.3) is 0 Å². The number of thiophene rings is 1. The first-order chi connectivity index (χ1) is 12.8. The molecule has 0 unspecified atom stereocenters. The van der Waals surface area contributed by atoms with E-state index in [9.17, 15) is 14.4 Å². The summed E-state index contributed by atoms with van der Waals surface area (Å²) in [5.41, 5.74) is 1.34. The molecule has 0 atom stereocenters. The maximum Gasteiger partial charge on any atom is 0.348 e. The Morgan fingerprint density at radius 3 is 2.37 bits per heavy atom. The minimum Gasteiger partial charge on any atom is -0.462 e. The Morgan fingerprint density at radius 2 is 1.81 bits per heavy atom. The quantitative estimate of drug-likeness (QED) is 0.640. The summed E-state index contributed by atoms with van der Waals surface area (Å²) in [6.07, 6.45) is 1.69. The monoisotopic (exact) mass is 457 g/mol. The average Bonchev–Trinajstić information content (AvgIpc) is 3.07. The minimum atomic E-state index is -0.602. The second kappa shape index (κ2) is 9.14. The molecule has 0 spiro atoms. The van der Waals surface area contributed by atoms with Crippen molar-refractivity contribution in [2.24, 2.45) is 0 Å². The topological polar surface area (TPSA) is 99.5 Å². The first-order valence-corrected chi connectivity index (χ1v) is 9.86. The summed E-state index contributed by atoms with van der Waals surface area (Å²) in [4.78, 5) is 37.1. The van der Waals surface area contributed by atoms with Crippen LogP contribution in [-0.2, 0) is 20.8 Å². The highest BCUT2D eigenvalue weighted by molar-refractivity contribution is 9.10. The Morgan fingerprint density at radius 1 is 1.19 bits per heavy atom. The molecular weight excluding hydrogens is 438 g/mol. The standard InChI is InChI=1S/C17H20BrN3O5S/c1-5-25-16(23)13-9(3)14(17(24)26-6-2)27-15(13)19-12(22)8-21-7-11(18)10(4)20-21/h7H,5-6,8H2,1-4H3,(H,19,22). The Balaban J connectivity index is 2.29. The van der Waals surface area contributed by atoms with Crippen LogP contribution >= 0.6 is 27.3 Å². The number of ether oxygens (including phenoxy) is 2. The van der Waals surface area contributed by atoms with E-state index in [1.54, 1.807) is 27.0 Å². The second-order valence-corrected chi connectivity index (χ2v) is 7.38. The number of hydrogen-bond acceptors (Lipinski definition) is 7. The van der Waals surface area contributed by atoms with Gasteiger partial charge in [0.05, 0.1) is 28.9 Å². The zero-order valence-corrected chi connectivity index (χ0v) is 17.8. The number of carbonyl (C=O) groups excluding carboxylic acids is 3. The third-order valence-electron chi connectivity index (χ3n) is 3.53. The molecule has 10 heteroatoms. The van der Waals surface area contributed by atoms with Gasteiger partial charge in [0.15, 0.2) is 0 Å². The van der Waals surface area contributed by atoms with Crippen molar-refractivity contribution in [1.82, 2.24) is 9.78 Å². The van der Waals surface area contributed by atoms with Crippen molar-refractivity contribution >= 4 is 50.1 Å². The van der Waals surface area contributed by atoms with Crippen molar-refractivity contribution in [3.63, 3.8) is 0 Å². The zero-order valence-electron chi connectivity index (χ0n) is 15.4. The molecule has 0 bridgehead atoms. The summed E-state index contributed by atoms with van der Waals surface area (Å²) in [6, 6.07) is 0. The van der Waals surface area contributed by atoms with E-state index in [1.807, 2.05) is 6.92 Å². The van der Waals surface area contributed by atoms with E-state index in [0.717, 1.165) is 21.5 Å². The lowest BCUT2D eigenvalue weighted by molar-refractivity contribution is -0.116. The van der Waals surface area contributed by atoms with E-state index < -0.39 is 11.9 Å².